The highest BCUT2D eigenvalue weighted by Gasteiger charge is 2.16. The Morgan fingerprint density at radius 2 is 1.90 bits per heavy atom. The minimum atomic E-state index is -3.04. The van der Waals surface area contributed by atoms with Crippen molar-refractivity contribution in [1.29, 1.82) is 0 Å². The van der Waals surface area contributed by atoms with Crippen LogP contribution in [0.25, 0.3) is 0 Å². The molecule has 1 N–H and O–H groups in total. The van der Waals surface area contributed by atoms with Gasteiger partial charge in [0, 0.05) is 6.04 Å². The van der Waals surface area contributed by atoms with Crippen molar-refractivity contribution in [2.45, 2.75) is 39.0 Å². The third kappa shape index (κ3) is 4.49. The molecule has 0 saturated heterocycles. The fraction of sp³-hybridized carbons (Fsp3) is 0.600. The van der Waals surface area contributed by atoms with E-state index in [9.17, 15) is 8.42 Å². The van der Waals surface area contributed by atoms with E-state index in [2.05, 4.69) is 18.3 Å². The normalized spacial score (nSPS) is 13.5. The molecule has 0 heterocycles. The number of aryl methyl sites for hydroxylation is 1. The highest BCUT2D eigenvalue weighted by molar-refractivity contribution is 7.91. The van der Waals surface area contributed by atoms with E-state index in [1.54, 1.807) is 13.8 Å². The quantitative estimate of drug-likeness (QED) is 0.840. The summed E-state index contributed by atoms with van der Waals surface area (Å²) in [5.41, 5.74) is 2.21. The molecule has 0 bridgehead atoms. The van der Waals surface area contributed by atoms with Gasteiger partial charge in [0.15, 0.2) is 9.84 Å². The van der Waals surface area contributed by atoms with Crippen LogP contribution >= 0.6 is 0 Å². The van der Waals surface area contributed by atoms with Crippen molar-refractivity contribution in [2.75, 3.05) is 19.4 Å². The van der Waals surface area contributed by atoms with Gasteiger partial charge in [-0.1, -0.05) is 12.1 Å². The molecule has 114 valence electrons. The second-order valence-electron chi connectivity index (χ2n) is 5.30. The zero-order chi connectivity index (χ0) is 15.3. The van der Waals surface area contributed by atoms with Gasteiger partial charge in [0.2, 0.25) is 0 Å². The van der Waals surface area contributed by atoms with Crippen LogP contribution < -0.4 is 10.1 Å². The summed E-state index contributed by atoms with van der Waals surface area (Å²) in [6.45, 7) is 7.63. The van der Waals surface area contributed by atoms with Crippen molar-refractivity contribution in [3.8, 4) is 5.75 Å². The molecule has 4 nitrogen and oxygen atoms in total. The van der Waals surface area contributed by atoms with Crippen LogP contribution in [0.2, 0.25) is 0 Å². The Morgan fingerprint density at radius 1 is 1.25 bits per heavy atom. The zero-order valence-corrected chi connectivity index (χ0v) is 13.8. The number of hydrogen-bond donors (Lipinski definition) is 1. The Balaban J connectivity index is 2.66. The maximum Gasteiger partial charge on any atom is 0.155 e. The van der Waals surface area contributed by atoms with Crippen LogP contribution in [-0.2, 0) is 9.84 Å². The topological polar surface area (TPSA) is 55.4 Å². The minimum absolute atomic E-state index is 0.0543. The molecular formula is C15H25NO3S. The molecule has 0 amide bonds. The van der Waals surface area contributed by atoms with E-state index in [1.807, 2.05) is 26.1 Å². The van der Waals surface area contributed by atoms with E-state index in [-0.39, 0.29) is 23.7 Å². The summed E-state index contributed by atoms with van der Waals surface area (Å²) in [4.78, 5) is 0. The van der Waals surface area contributed by atoms with E-state index < -0.39 is 9.84 Å². The van der Waals surface area contributed by atoms with Crippen LogP contribution in [0.15, 0.2) is 18.2 Å². The maximum atomic E-state index is 11.7. The van der Waals surface area contributed by atoms with Gasteiger partial charge in [-0.25, -0.2) is 8.42 Å². The summed E-state index contributed by atoms with van der Waals surface area (Å²) < 4.78 is 29.0. The SMILES string of the molecule is CNC(C)c1ccc(OCCS(=O)(=O)C(C)C)c(C)c1. The number of rotatable bonds is 7. The third-order valence-corrected chi connectivity index (χ3v) is 5.65. The molecule has 1 aromatic rings. The van der Waals surface area contributed by atoms with Crippen molar-refractivity contribution in [3.63, 3.8) is 0 Å². The average molecular weight is 299 g/mol. The third-order valence-electron chi connectivity index (χ3n) is 3.48. The molecule has 1 atom stereocenters. The van der Waals surface area contributed by atoms with E-state index >= 15 is 0 Å². The number of sulfone groups is 1. The Bertz CT molecular complexity index is 538. The molecular weight excluding hydrogens is 274 g/mol. The molecule has 1 aromatic carbocycles. The summed E-state index contributed by atoms with van der Waals surface area (Å²) >= 11 is 0. The molecule has 0 aromatic heterocycles. The van der Waals surface area contributed by atoms with Gasteiger partial charge >= 0.3 is 0 Å². The van der Waals surface area contributed by atoms with E-state index in [4.69, 9.17) is 4.74 Å². The number of nitrogens with one attached hydrogen (secondary N) is 1. The number of hydrogen-bond acceptors (Lipinski definition) is 4. The molecule has 0 fully saturated rings. The standard InChI is InChI=1S/C15H25NO3S/c1-11(2)20(17,18)9-8-19-15-7-6-14(10-12(15)3)13(4)16-5/h6-7,10-11,13,16H,8-9H2,1-5H3. The van der Waals surface area contributed by atoms with Gasteiger partial charge in [-0.3, -0.25) is 0 Å². The minimum Gasteiger partial charge on any atom is -0.492 e. The van der Waals surface area contributed by atoms with Crippen LogP contribution in [0, 0.1) is 6.92 Å². The van der Waals surface area contributed by atoms with Crippen LogP contribution in [0.5, 0.6) is 5.75 Å². The highest BCUT2D eigenvalue weighted by Crippen LogP contribution is 2.22. The predicted octanol–water partition coefficient (Wildman–Crippen LogP) is 2.48. The lowest BCUT2D eigenvalue weighted by Gasteiger charge is -2.15. The summed E-state index contributed by atoms with van der Waals surface area (Å²) in [5.74, 6) is 0.801. The molecule has 0 aliphatic heterocycles. The Labute approximate surface area is 122 Å². The van der Waals surface area contributed by atoms with E-state index in [0.29, 0.717) is 0 Å². The molecule has 1 rings (SSSR count). The maximum absolute atomic E-state index is 11.7. The number of benzene rings is 1. The van der Waals surface area contributed by atoms with Gasteiger partial charge in [0.05, 0.1) is 11.0 Å². The molecule has 0 aliphatic rings. The van der Waals surface area contributed by atoms with Gasteiger partial charge in [-0.2, -0.15) is 0 Å². The second-order valence-corrected chi connectivity index (χ2v) is 7.98. The summed E-state index contributed by atoms with van der Waals surface area (Å²) in [6.07, 6.45) is 0. The predicted molar refractivity (Wildman–Crippen MR) is 83.1 cm³/mol. The molecule has 0 aliphatic carbocycles. The summed E-state index contributed by atoms with van der Waals surface area (Å²) in [6, 6.07) is 6.25. The zero-order valence-electron chi connectivity index (χ0n) is 12.9. The average Bonchev–Trinajstić information content (AvgIpc) is 2.39. The summed E-state index contributed by atoms with van der Waals surface area (Å²) in [7, 11) is -1.12. The summed E-state index contributed by atoms with van der Waals surface area (Å²) in [5, 5.41) is 2.83. The Hall–Kier alpha value is -1.07. The van der Waals surface area contributed by atoms with Crippen LogP contribution in [0.4, 0.5) is 0 Å². The smallest absolute Gasteiger partial charge is 0.155 e. The van der Waals surface area contributed by atoms with Crippen LogP contribution in [0.3, 0.4) is 0 Å². The molecule has 5 heteroatoms. The van der Waals surface area contributed by atoms with Crippen molar-refractivity contribution >= 4 is 9.84 Å². The first-order chi connectivity index (χ1) is 9.27. The highest BCUT2D eigenvalue weighted by atomic mass is 32.2. The van der Waals surface area contributed by atoms with E-state index in [0.717, 1.165) is 11.3 Å². The van der Waals surface area contributed by atoms with E-state index in [1.165, 1.54) is 5.56 Å². The Morgan fingerprint density at radius 3 is 2.40 bits per heavy atom. The van der Waals surface area contributed by atoms with Crippen molar-refractivity contribution in [2.24, 2.45) is 0 Å². The largest absolute Gasteiger partial charge is 0.492 e. The molecule has 0 radical (unpaired) electrons. The lowest BCUT2D eigenvalue weighted by atomic mass is 10.1. The lowest BCUT2D eigenvalue weighted by molar-refractivity contribution is 0.338. The molecule has 1 unspecified atom stereocenters. The van der Waals surface area contributed by atoms with Gasteiger partial charge in [0.1, 0.15) is 12.4 Å². The molecule has 0 spiro atoms. The van der Waals surface area contributed by atoms with Crippen molar-refractivity contribution in [3.05, 3.63) is 29.3 Å². The second kappa shape index (κ2) is 7.09. The fourth-order valence-electron chi connectivity index (χ4n) is 1.77. The first kappa shape index (κ1) is 17.0. The van der Waals surface area contributed by atoms with Gasteiger partial charge in [-0.05, 0) is 51.9 Å². The van der Waals surface area contributed by atoms with Gasteiger partial charge in [0.25, 0.3) is 0 Å². The van der Waals surface area contributed by atoms with Gasteiger partial charge < -0.3 is 10.1 Å². The number of ether oxygens (including phenoxy) is 1. The monoisotopic (exact) mass is 299 g/mol. The van der Waals surface area contributed by atoms with Crippen LogP contribution in [0.1, 0.15) is 37.9 Å². The van der Waals surface area contributed by atoms with Gasteiger partial charge in [-0.15, -0.1) is 0 Å². The fourth-order valence-corrected chi connectivity index (χ4v) is 2.56. The first-order valence-electron chi connectivity index (χ1n) is 6.90. The van der Waals surface area contributed by atoms with Crippen LogP contribution in [-0.4, -0.2) is 33.1 Å². The molecule has 0 saturated carbocycles. The first-order valence-corrected chi connectivity index (χ1v) is 8.61. The van der Waals surface area contributed by atoms with Crippen molar-refractivity contribution < 1.29 is 13.2 Å². The molecule has 20 heavy (non-hydrogen) atoms. The van der Waals surface area contributed by atoms with Crippen molar-refractivity contribution in [1.82, 2.24) is 5.32 Å². The lowest BCUT2D eigenvalue weighted by Crippen LogP contribution is -2.22. The Kier molecular flexibility index (Phi) is 6.02.